The zero-order valence-electron chi connectivity index (χ0n) is 15.2. The van der Waals surface area contributed by atoms with Crippen LogP contribution in [0.25, 0.3) is 0 Å². The lowest BCUT2D eigenvalue weighted by molar-refractivity contribution is 0.281. The molecule has 0 amide bonds. The van der Waals surface area contributed by atoms with Gasteiger partial charge in [-0.2, -0.15) is 0 Å². The minimum Gasteiger partial charge on any atom is -0.370 e. The van der Waals surface area contributed by atoms with E-state index in [1.165, 1.54) is 57.2 Å². The van der Waals surface area contributed by atoms with E-state index in [9.17, 15) is 0 Å². The van der Waals surface area contributed by atoms with Crippen molar-refractivity contribution in [1.82, 2.24) is 10.6 Å². The van der Waals surface area contributed by atoms with Gasteiger partial charge in [-0.05, 0) is 44.1 Å². The molecule has 0 bridgehead atoms. The van der Waals surface area contributed by atoms with Crippen molar-refractivity contribution in [1.29, 1.82) is 0 Å². The number of aliphatic imine (C=N–C) groups is 1. The number of nitrogens with one attached hydrogen (secondary N) is 2. The largest absolute Gasteiger partial charge is 0.370 e. The summed E-state index contributed by atoms with van der Waals surface area (Å²) in [5.41, 5.74) is 0. The third kappa shape index (κ3) is 4.97. The molecule has 4 atom stereocenters. The fourth-order valence-electron chi connectivity index (χ4n) is 4.16. The first kappa shape index (κ1) is 17.8. The molecule has 128 valence electrons. The van der Waals surface area contributed by atoms with Crippen LogP contribution in [0.4, 0.5) is 0 Å². The lowest BCUT2D eigenvalue weighted by Crippen LogP contribution is -2.47. The Bertz CT molecular complexity index is 341. The molecule has 0 aromatic rings. The number of amidine groups is 1. The van der Waals surface area contributed by atoms with Crippen LogP contribution in [0.2, 0.25) is 0 Å². The predicted molar refractivity (Wildman–Crippen MR) is 96.5 cm³/mol. The van der Waals surface area contributed by atoms with E-state index in [1.807, 2.05) is 7.05 Å². The Kier molecular flexibility index (Phi) is 7.20. The van der Waals surface area contributed by atoms with E-state index in [-0.39, 0.29) is 0 Å². The van der Waals surface area contributed by atoms with Crippen LogP contribution in [0, 0.1) is 17.8 Å². The quantitative estimate of drug-likeness (QED) is 0.551. The fourth-order valence-corrected chi connectivity index (χ4v) is 4.16. The van der Waals surface area contributed by atoms with Gasteiger partial charge in [-0.1, -0.05) is 52.4 Å². The molecule has 2 N–H and O–H groups in total. The van der Waals surface area contributed by atoms with Crippen molar-refractivity contribution in [2.45, 2.75) is 84.2 Å². The molecule has 0 aromatic carbocycles. The maximum atomic E-state index is 4.50. The van der Waals surface area contributed by atoms with Crippen molar-refractivity contribution in [2.75, 3.05) is 13.6 Å². The molecule has 22 heavy (non-hydrogen) atoms. The molecule has 1 saturated carbocycles. The summed E-state index contributed by atoms with van der Waals surface area (Å²) in [5.74, 6) is 3.67. The zero-order valence-corrected chi connectivity index (χ0v) is 15.2. The van der Waals surface area contributed by atoms with Crippen molar-refractivity contribution >= 4 is 5.84 Å². The van der Waals surface area contributed by atoms with Crippen molar-refractivity contribution in [2.24, 2.45) is 22.7 Å². The summed E-state index contributed by atoms with van der Waals surface area (Å²) in [4.78, 5) is 4.50. The molecule has 0 radical (unpaired) electrons. The van der Waals surface area contributed by atoms with Gasteiger partial charge in [0.2, 0.25) is 0 Å². The van der Waals surface area contributed by atoms with Crippen LogP contribution in [0.1, 0.15) is 72.1 Å². The summed E-state index contributed by atoms with van der Waals surface area (Å²) < 4.78 is 0. The van der Waals surface area contributed by atoms with E-state index >= 15 is 0 Å². The molecule has 1 aliphatic carbocycles. The molecule has 0 aromatic heterocycles. The molecule has 1 aliphatic heterocycles. The summed E-state index contributed by atoms with van der Waals surface area (Å²) in [6.07, 6.45) is 11.2. The zero-order chi connectivity index (χ0) is 15.9. The molecular formula is C19H37N3. The van der Waals surface area contributed by atoms with Crippen LogP contribution >= 0.6 is 0 Å². The van der Waals surface area contributed by atoms with Gasteiger partial charge in [0.15, 0.2) is 0 Å². The van der Waals surface area contributed by atoms with Gasteiger partial charge in [-0.3, -0.25) is 4.99 Å². The Labute approximate surface area is 137 Å². The number of hydrogen-bond donors (Lipinski definition) is 2. The number of rotatable bonds is 7. The van der Waals surface area contributed by atoms with Crippen molar-refractivity contribution in [3.8, 4) is 0 Å². The minimum atomic E-state index is 0.452. The Morgan fingerprint density at radius 2 is 1.86 bits per heavy atom. The molecule has 2 aliphatic rings. The Hall–Kier alpha value is -0.570. The van der Waals surface area contributed by atoms with Crippen LogP contribution in [-0.4, -0.2) is 31.5 Å². The molecule has 1 saturated heterocycles. The van der Waals surface area contributed by atoms with Crippen molar-refractivity contribution in [3.05, 3.63) is 0 Å². The van der Waals surface area contributed by atoms with Gasteiger partial charge in [-0.25, -0.2) is 0 Å². The fraction of sp³-hybridized carbons (Fsp3) is 0.947. The average Bonchev–Trinajstić information content (AvgIpc) is 3.22. The summed E-state index contributed by atoms with van der Waals surface area (Å²) in [6, 6.07) is 0.952. The van der Waals surface area contributed by atoms with Crippen LogP contribution in [0.3, 0.4) is 0 Å². The first-order chi connectivity index (χ1) is 10.6. The second kappa shape index (κ2) is 8.90. The van der Waals surface area contributed by atoms with Gasteiger partial charge in [0.1, 0.15) is 5.84 Å². The van der Waals surface area contributed by atoms with Gasteiger partial charge in [0.25, 0.3) is 0 Å². The second-order valence-corrected chi connectivity index (χ2v) is 7.76. The van der Waals surface area contributed by atoms with Gasteiger partial charge in [0.05, 0.1) is 6.04 Å². The molecular weight excluding hydrogens is 270 g/mol. The van der Waals surface area contributed by atoms with Crippen LogP contribution in [0.5, 0.6) is 0 Å². The third-order valence-electron chi connectivity index (χ3n) is 6.20. The van der Waals surface area contributed by atoms with E-state index in [2.05, 4.69) is 36.4 Å². The van der Waals surface area contributed by atoms with E-state index in [1.54, 1.807) is 0 Å². The van der Waals surface area contributed by atoms with E-state index in [4.69, 9.17) is 0 Å². The Balaban J connectivity index is 1.75. The minimum absolute atomic E-state index is 0.452. The topological polar surface area (TPSA) is 36.4 Å². The van der Waals surface area contributed by atoms with Gasteiger partial charge < -0.3 is 10.6 Å². The van der Waals surface area contributed by atoms with Crippen LogP contribution < -0.4 is 10.6 Å². The lowest BCUT2D eigenvalue weighted by atomic mass is 9.84. The van der Waals surface area contributed by atoms with Gasteiger partial charge >= 0.3 is 0 Å². The second-order valence-electron chi connectivity index (χ2n) is 7.76. The van der Waals surface area contributed by atoms with E-state index in [0.29, 0.717) is 18.0 Å². The van der Waals surface area contributed by atoms with Crippen molar-refractivity contribution in [3.63, 3.8) is 0 Å². The van der Waals surface area contributed by atoms with Crippen LogP contribution in [0.15, 0.2) is 4.99 Å². The van der Waals surface area contributed by atoms with Crippen molar-refractivity contribution < 1.29 is 0 Å². The maximum Gasteiger partial charge on any atom is 0.113 e. The first-order valence-electron chi connectivity index (χ1n) is 9.58. The highest BCUT2D eigenvalue weighted by Crippen LogP contribution is 2.31. The normalized spacial score (nSPS) is 27.8. The Morgan fingerprint density at radius 1 is 1.14 bits per heavy atom. The predicted octanol–water partition coefficient (Wildman–Crippen LogP) is 3.99. The average molecular weight is 308 g/mol. The molecule has 0 spiro atoms. The molecule has 3 nitrogen and oxygen atoms in total. The smallest absolute Gasteiger partial charge is 0.113 e. The molecule has 3 heteroatoms. The van der Waals surface area contributed by atoms with E-state index in [0.717, 1.165) is 18.4 Å². The Morgan fingerprint density at radius 3 is 2.45 bits per heavy atom. The standard InChI is InChI=1S/C19H37N3/c1-14(11-12-17-8-5-6-9-17)15(2)16(3)22-19(20-4)18-10-7-13-21-18/h14-18,21H,5-13H2,1-4H3,(H,20,22)/t14?,15-,16-,18-/m0/s1. The summed E-state index contributed by atoms with van der Waals surface area (Å²) in [6.45, 7) is 8.31. The van der Waals surface area contributed by atoms with Gasteiger partial charge in [-0.15, -0.1) is 0 Å². The molecule has 2 fully saturated rings. The molecule has 1 heterocycles. The van der Waals surface area contributed by atoms with Crippen LogP contribution in [-0.2, 0) is 0 Å². The maximum absolute atomic E-state index is 4.50. The summed E-state index contributed by atoms with van der Waals surface area (Å²) in [5, 5.41) is 7.25. The van der Waals surface area contributed by atoms with Gasteiger partial charge in [0, 0.05) is 13.1 Å². The summed E-state index contributed by atoms with van der Waals surface area (Å²) in [7, 11) is 1.92. The number of nitrogens with zero attached hydrogens (tertiary/aromatic N) is 1. The lowest BCUT2D eigenvalue weighted by Gasteiger charge is -2.30. The summed E-state index contributed by atoms with van der Waals surface area (Å²) >= 11 is 0. The SMILES string of the molecule is CN=C(N[C@@H](C)[C@@H](C)C(C)CCC1CCCC1)[C@@H]1CCCN1. The molecule has 1 unspecified atom stereocenters. The highest BCUT2D eigenvalue weighted by Gasteiger charge is 2.25. The molecule has 2 rings (SSSR count). The number of hydrogen-bond acceptors (Lipinski definition) is 2. The first-order valence-corrected chi connectivity index (χ1v) is 9.58. The highest BCUT2D eigenvalue weighted by atomic mass is 15.1. The third-order valence-corrected chi connectivity index (χ3v) is 6.20. The monoisotopic (exact) mass is 307 g/mol. The highest BCUT2D eigenvalue weighted by molar-refractivity contribution is 5.87. The van der Waals surface area contributed by atoms with E-state index < -0.39 is 0 Å².